The molecule has 1 fully saturated rings. The van der Waals surface area contributed by atoms with Gasteiger partial charge in [0.15, 0.2) is 9.84 Å². The highest BCUT2D eigenvalue weighted by Gasteiger charge is 2.31. The molecular formula is C11H20N2O5S. The fourth-order valence-corrected chi connectivity index (χ4v) is 3.63. The van der Waals surface area contributed by atoms with Crippen LogP contribution in [0.15, 0.2) is 0 Å². The van der Waals surface area contributed by atoms with Gasteiger partial charge in [-0.05, 0) is 12.3 Å². The van der Waals surface area contributed by atoms with Crippen molar-refractivity contribution in [2.75, 3.05) is 11.5 Å². The van der Waals surface area contributed by atoms with Gasteiger partial charge in [-0.25, -0.2) is 18.0 Å². The first kappa shape index (κ1) is 15.7. The number of amides is 2. The summed E-state index contributed by atoms with van der Waals surface area (Å²) in [6, 6.07) is -2.03. The quantitative estimate of drug-likeness (QED) is 0.659. The molecule has 7 nitrogen and oxygen atoms in total. The van der Waals surface area contributed by atoms with E-state index >= 15 is 0 Å². The van der Waals surface area contributed by atoms with Gasteiger partial charge in [-0.1, -0.05) is 20.3 Å². The molecule has 1 saturated heterocycles. The van der Waals surface area contributed by atoms with E-state index in [1.807, 2.05) is 6.92 Å². The summed E-state index contributed by atoms with van der Waals surface area (Å²) < 4.78 is 22.5. The van der Waals surface area contributed by atoms with Crippen molar-refractivity contribution in [3.63, 3.8) is 0 Å². The first-order valence-electron chi connectivity index (χ1n) is 6.25. The van der Waals surface area contributed by atoms with Crippen molar-refractivity contribution < 1.29 is 23.1 Å². The van der Waals surface area contributed by atoms with E-state index in [1.54, 1.807) is 6.92 Å². The number of nitrogens with one attached hydrogen (secondary N) is 2. The monoisotopic (exact) mass is 292 g/mol. The summed E-state index contributed by atoms with van der Waals surface area (Å²) in [5.41, 5.74) is 0. The zero-order valence-electron chi connectivity index (χ0n) is 11.0. The van der Waals surface area contributed by atoms with Crippen molar-refractivity contribution in [1.82, 2.24) is 10.6 Å². The van der Waals surface area contributed by atoms with Gasteiger partial charge in [-0.3, -0.25) is 0 Å². The van der Waals surface area contributed by atoms with Gasteiger partial charge in [0.1, 0.15) is 6.04 Å². The van der Waals surface area contributed by atoms with Gasteiger partial charge < -0.3 is 15.7 Å². The third-order valence-electron chi connectivity index (χ3n) is 3.33. The molecule has 3 N–H and O–H groups in total. The first-order valence-corrected chi connectivity index (χ1v) is 8.07. The zero-order valence-corrected chi connectivity index (χ0v) is 11.9. The van der Waals surface area contributed by atoms with E-state index in [0.717, 1.165) is 0 Å². The van der Waals surface area contributed by atoms with Crippen molar-refractivity contribution in [3.8, 4) is 0 Å². The Morgan fingerprint density at radius 2 is 2.05 bits per heavy atom. The molecule has 0 aliphatic carbocycles. The van der Waals surface area contributed by atoms with E-state index in [4.69, 9.17) is 5.11 Å². The van der Waals surface area contributed by atoms with E-state index in [9.17, 15) is 18.0 Å². The molecule has 0 aromatic rings. The molecule has 1 unspecified atom stereocenters. The molecule has 0 aromatic carbocycles. The van der Waals surface area contributed by atoms with Crippen LogP contribution in [0.2, 0.25) is 0 Å². The molecule has 0 bridgehead atoms. The third kappa shape index (κ3) is 4.70. The molecule has 0 radical (unpaired) electrons. The van der Waals surface area contributed by atoms with Crippen molar-refractivity contribution in [2.24, 2.45) is 5.92 Å². The molecule has 1 rings (SSSR count). The highest BCUT2D eigenvalue weighted by Crippen LogP contribution is 2.12. The minimum absolute atomic E-state index is 0.0612. The molecule has 0 aromatic heterocycles. The molecule has 110 valence electrons. The van der Waals surface area contributed by atoms with E-state index < -0.39 is 33.9 Å². The minimum atomic E-state index is -3.07. The maximum Gasteiger partial charge on any atom is 0.326 e. The number of carbonyl (C=O) groups is 2. The van der Waals surface area contributed by atoms with Crippen LogP contribution in [0.4, 0.5) is 4.79 Å². The lowest BCUT2D eigenvalue weighted by Crippen LogP contribution is -2.51. The molecular weight excluding hydrogens is 272 g/mol. The van der Waals surface area contributed by atoms with Gasteiger partial charge in [0, 0.05) is 6.04 Å². The van der Waals surface area contributed by atoms with E-state index in [0.29, 0.717) is 12.8 Å². The number of carboxylic acid groups (broad SMARTS) is 1. The van der Waals surface area contributed by atoms with Gasteiger partial charge in [0.05, 0.1) is 11.5 Å². The Hall–Kier alpha value is -1.31. The topological polar surface area (TPSA) is 113 Å². The molecule has 19 heavy (non-hydrogen) atoms. The van der Waals surface area contributed by atoms with Crippen LogP contribution < -0.4 is 10.6 Å². The molecule has 3 atom stereocenters. The van der Waals surface area contributed by atoms with E-state index in [2.05, 4.69) is 10.6 Å². The van der Waals surface area contributed by atoms with Crippen LogP contribution in [0.3, 0.4) is 0 Å². The summed E-state index contributed by atoms with van der Waals surface area (Å²) in [6.45, 7) is 3.57. The van der Waals surface area contributed by atoms with Crippen LogP contribution in [-0.2, 0) is 14.6 Å². The van der Waals surface area contributed by atoms with Crippen LogP contribution >= 0.6 is 0 Å². The zero-order chi connectivity index (χ0) is 14.6. The summed E-state index contributed by atoms with van der Waals surface area (Å²) in [5.74, 6) is -1.31. The number of hydrogen-bond donors (Lipinski definition) is 3. The lowest BCUT2D eigenvalue weighted by Gasteiger charge is -2.21. The van der Waals surface area contributed by atoms with Crippen molar-refractivity contribution in [1.29, 1.82) is 0 Å². The van der Waals surface area contributed by atoms with Gasteiger partial charge in [-0.2, -0.15) is 0 Å². The SMILES string of the molecule is CC[C@@H](C)[C@H](NC(=O)NC1CCS(=O)(=O)C1)C(=O)O. The van der Waals surface area contributed by atoms with Crippen LogP contribution in [-0.4, -0.2) is 49.1 Å². The second-order valence-corrected chi connectivity index (χ2v) is 7.15. The van der Waals surface area contributed by atoms with E-state index in [1.165, 1.54) is 0 Å². The number of carboxylic acids is 1. The molecule has 2 amide bonds. The van der Waals surface area contributed by atoms with Crippen molar-refractivity contribution >= 4 is 21.8 Å². The number of hydrogen-bond acceptors (Lipinski definition) is 4. The van der Waals surface area contributed by atoms with Crippen molar-refractivity contribution in [2.45, 2.75) is 38.8 Å². The minimum Gasteiger partial charge on any atom is -0.480 e. The second kappa shape index (κ2) is 6.23. The first-order chi connectivity index (χ1) is 8.75. The van der Waals surface area contributed by atoms with Crippen LogP contribution in [0.5, 0.6) is 0 Å². The predicted octanol–water partition coefficient (Wildman–Crippen LogP) is -0.0280. The number of carbonyl (C=O) groups excluding carboxylic acids is 1. The van der Waals surface area contributed by atoms with Crippen molar-refractivity contribution in [3.05, 3.63) is 0 Å². The number of sulfone groups is 1. The second-order valence-electron chi connectivity index (χ2n) is 4.92. The molecule has 0 saturated carbocycles. The summed E-state index contributed by atoms with van der Waals surface area (Å²) in [7, 11) is -3.07. The summed E-state index contributed by atoms with van der Waals surface area (Å²) in [4.78, 5) is 22.7. The Balaban J connectivity index is 2.52. The lowest BCUT2D eigenvalue weighted by atomic mass is 9.99. The average molecular weight is 292 g/mol. The fourth-order valence-electron chi connectivity index (χ4n) is 1.96. The van der Waals surface area contributed by atoms with Gasteiger partial charge in [0.25, 0.3) is 0 Å². The summed E-state index contributed by atoms with van der Waals surface area (Å²) in [6.07, 6.45) is 0.992. The van der Waals surface area contributed by atoms with Gasteiger partial charge >= 0.3 is 12.0 Å². The Bertz CT molecular complexity index is 448. The van der Waals surface area contributed by atoms with Crippen LogP contribution in [0.25, 0.3) is 0 Å². The highest BCUT2D eigenvalue weighted by molar-refractivity contribution is 7.91. The number of urea groups is 1. The highest BCUT2D eigenvalue weighted by atomic mass is 32.2. The molecule has 0 spiro atoms. The van der Waals surface area contributed by atoms with Crippen LogP contribution in [0, 0.1) is 5.92 Å². The predicted molar refractivity (Wildman–Crippen MR) is 69.6 cm³/mol. The Morgan fingerprint density at radius 1 is 1.42 bits per heavy atom. The molecule has 8 heteroatoms. The third-order valence-corrected chi connectivity index (χ3v) is 5.10. The largest absolute Gasteiger partial charge is 0.480 e. The van der Waals surface area contributed by atoms with Crippen LogP contribution in [0.1, 0.15) is 26.7 Å². The molecule has 1 heterocycles. The standard InChI is InChI=1S/C11H20N2O5S/c1-3-7(2)9(10(14)15)13-11(16)12-8-4-5-19(17,18)6-8/h7-9H,3-6H2,1-2H3,(H,14,15)(H2,12,13,16)/t7-,8?,9+/m1/s1. The number of aliphatic carboxylic acids is 1. The maximum absolute atomic E-state index is 11.7. The fraction of sp³-hybridized carbons (Fsp3) is 0.818. The summed E-state index contributed by atoms with van der Waals surface area (Å²) in [5, 5.41) is 13.9. The van der Waals surface area contributed by atoms with Gasteiger partial charge in [0.2, 0.25) is 0 Å². The number of rotatable bonds is 5. The normalized spacial score (nSPS) is 24.4. The Morgan fingerprint density at radius 3 is 2.47 bits per heavy atom. The summed E-state index contributed by atoms with van der Waals surface area (Å²) >= 11 is 0. The Labute approximate surface area is 112 Å². The molecule has 1 aliphatic rings. The molecule has 1 aliphatic heterocycles. The average Bonchev–Trinajstić information content (AvgIpc) is 2.64. The lowest BCUT2D eigenvalue weighted by molar-refractivity contribution is -0.140. The Kier molecular flexibility index (Phi) is 5.16. The van der Waals surface area contributed by atoms with Gasteiger partial charge in [-0.15, -0.1) is 0 Å². The maximum atomic E-state index is 11.7. The van der Waals surface area contributed by atoms with E-state index in [-0.39, 0.29) is 17.4 Å². The smallest absolute Gasteiger partial charge is 0.326 e.